The summed E-state index contributed by atoms with van der Waals surface area (Å²) in [4.78, 5) is 4.42. The van der Waals surface area contributed by atoms with Gasteiger partial charge in [-0.3, -0.25) is 5.41 Å². The highest BCUT2D eigenvalue weighted by Crippen LogP contribution is 2.31. The maximum Gasteiger partial charge on any atom is 0.134 e. The lowest BCUT2D eigenvalue weighted by Crippen LogP contribution is -2.39. The lowest BCUT2D eigenvalue weighted by atomic mass is 9.97. The van der Waals surface area contributed by atoms with Gasteiger partial charge >= 0.3 is 0 Å². The molecule has 1 atom stereocenters. The van der Waals surface area contributed by atoms with E-state index in [1.165, 1.54) is 12.1 Å². The molecule has 2 heterocycles. The molecule has 0 amide bonds. The third-order valence-corrected chi connectivity index (χ3v) is 6.48. The van der Waals surface area contributed by atoms with E-state index in [-0.39, 0.29) is 23.4 Å². The van der Waals surface area contributed by atoms with Gasteiger partial charge in [0.25, 0.3) is 0 Å². The predicted molar refractivity (Wildman–Crippen MR) is 152 cm³/mol. The average Bonchev–Trinajstić information content (AvgIpc) is 2.95. The van der Waals surface area contributed by atoms with Gasteiger partial charge in [-0.2, -0.15) is 0 Å². The first-order valence-electron chi connectivity index (χ1n) is 12.7. The Labute approximate surface area is 221 Å². The predicted octanol–water partition coefficient (Wildman–Crippen LogP) is 6.35. The maximum atomic E-state index is 13.4. The molecule has 38 heavy (non-hydrogen) atoms. The Morgan fingerprint density at radius 3 is 2.45 bits per heavy atom. The van der Waals surface area contributed by atoms with Crippen molar-refractivity contribution in [2.45, 2.75) is 18.9 Å². The van der Waals surface area contributed by atoms with E-state index < -0.39 is 0 Å². The summed E-state index contributed by atoms with van der Waals surface area (Å²) in [5, 5.41) is 16.2. The molecule has 192 valence electrons. The Morgan fingerprint density at radius 2 is 1.74 bits per heavy atom. The molecule has 6 nitrogen and oxygen atoms in total. The van der Waals surface area contributed by atoms with Crippen LogP contribution in [0.1, 0.15) is 35.1 Å². The van der Waals surface area contributed by atoms with Crippen molar-refractivity contribution < 1.29 is 9.13 Å². The number of para-hydroxylation sites is 1. The molecular weight excluding hydrogens is 477 g/mol. The highest BCUT2D eigenvalue weighted by atomic mass is 19.1. The fraction of sp³-hybridized carbons (Fsp3) is 0.161. The average molecular weight is 508 g/mol. The summed E-state index contributed by atoms with van der Waals surface area (Å²) in [7, 11) is 0. The van der Waals surface area contributed by atoms with Crippen LogP contribution in [0.25, 0.3) is 12.2 Å². The van der Waals surface area contributed by atoms with Gasteiger partial charge < -0.3 is 21.1 Å². The second kappa shape index (κ2) is 11.7. The van der Waals surface area contributed by atoms with Gasteiger partial charge in [-0.05, 0) is 73.5 Å². The molecule has 1 aliphatic rings. The molecule has 7 heteroatoms. The van der Waals surface area contributed by atoms with Crippen LogP contribution in [-0.2, 0) is 0 Å². The van der Waals surface area contributed by atoms with E-state index in [4.69, 9.17) is 15.9 Å². The molecular formula is C31H30FN5O. The smallest absolute Gasteiger partial charge is 0.134 e. The number of anilines is 2. The fourth-order valence-electron chi connectivity index (χ4n) is 4.47. The molecule has 1 saturated heterocycles. The summed E-state index contributed by atoms with van der Waals surface area (Å²) in [6.45, 7) is 1.82. The van der Waals surface area contributed by atoms with Gasteiger partial charge in [0.2, 0.25) is 0 Å². The van der Waals surface area contributed by atoms with Crippen molar-refractivity contribution in [3.8, 4) is 11.5 Å². The van der Waals surface area contributed by atoms with E-state index in [9.17, 15) is 4.39 Å². The Kier molecular flexibility index (Phi) is 7.75. The minimum atomic E-state index is -0.278. The summed E-state index contributed by atoms with van der Waals surface area (Å²) >= 11 is 0. The molecule has 1 aliphatic heterocycles. The van der Waals surface area contributed by atoms with E-state index in [1.54, 1.807) is 18.3 Å². The Balaban J connectivity index is 1.47. The fourth-order valence-corrected chi connectivity index (χ4v) is 4.47. The third kappa shape index (κ3) is 6.07. The first-order chi connectivity index (χ1) is 18.6. The highest BCUT2D eigenvalue weighted by molar-refractivity contribution is 6.17. The number of pyridine rings is 1. The van der Waals surface area contributed by atoms with Crippen LogP contribution in [-0.4, -0.2) is 29.8 Å². The van der Waals surface area contributed by atoms with E-state index in [0.717, 1.165) is 48.5 Å². The van der Waals surface area contributed by atoms with Gasteiger partial charge in [0.05, 0.1) is 17.0 Å². The largest absolute Gasteiger partial charge is 0.457 e. The first-order valence-corrected chi connectivity index (χ1v) is 12.7. The minimum Gasteiger partial charge on any atom is -0.457 e. The number of hydrogen-bond acceptors (Lipinski definition) is 6. The van der Waals surface area contributed by atoms with Gasteiger partial charge in [0.1, 0.15) is 23.1 Å². The number of nitrogens with one attached hydrogen (secondary N) is 3. The zero-order valence-electron chi connectivity index (χ0n) is 21.0. The van der Waals surface area contributed by atoms with E-state index in [1.807, 2.05) is 66.7 Å². The van der Waals surface area contributed by atoms with Crippen molar-refractivity contribution in [1.29, 1.82) is 5.41 Å². The molecule has 4 aromatic rings. The summed E-state index contributed by atoms with van der Waals surface area (Å²) in [5.41, 5.74) is 10.3. The number of piperidine rings is 1. The second-order valence-electron chi connectivity index (χ2n) is 9.24. The molecule has 0 saturated carbocycles. The van der Waals surface area contributed by atoms with Gasteiger partial charge in [0, 0.05) is 29.9 Å². The topological polar surface area (TPSA) is 96.0 Å². The number of aromatic nitrogens is 1. The van der Waals surface area contributed by atoms with E-state index in [0.29, 0.717) is 16.9 Å². The lowest BCUT2D eigenvalue weighted by molar-refractivity contribution is 0.480. The number of hydrogen-bond donors (Lipinski definition) is 4. The number of ether oxygens (including phenoxy) is 1. The summed E-state index contributed by atoms with van der Waals surface area (Å²) in [6, 6.07) is 23.5. The highest BCUT2D eigenvalue weighted by Gasteiger charge is 2.21. The SMILES string of the molecule is N=C(c1ccc(Oc2ccccc2)cc1)c1c(N)ncc(/C=C/c2ccc(F)cc2)c1NC1CCCNC1. The zero-order valence-corrected chi connectivity index (χ0v) is 21.0. The van der Waals surface area contributed by atoms with Crippen LogP contribution >= 0.6 is 0 Å². The Morgan fingerprint density at radius 1 is 1.00 bits per heavy atom. The molecule has 5 N–H and O–H groups in total. The Bertz CT molecular complexity index is 1410. The second-order valence-corrected chi connectivity index (χ2v) is 9.24. The first kappa shape index (κ1) is 25.2. The Hall–Kier alpha value is -4.49. The third-order valence-electron chi connectivity index (χ3n) is 6.48. The molecule has 5 rings (SSSR count). The van der Waals surface area contributed by atoms with Crippen LogP contribution < -0.4 is 21.1 Å². The van der Waals surface area contributed by atoms with E-state index in [2.05, 4.69) is 15.6 Å². The molecule has 1 unspecified atom stereocenters. The van der Waals surface area contributed by atoms with Crippen molar-refractivity contribution >= 4 is 29.4 Å². The summed E-state index contributed by atoms with van der Waals surface area (Å²) in [5.74, 6) is 1.43. The van der Waals surface area contributed by atoms with Crippen LogP contribution in [0.4, 0.5) is 15.9 Å². The number of nitrogens with zero attached hydrogens (tertiary/aromatic N) is 1. The van der Waals surface area contributed by atoms with Gasteiger partial charge in [-0.15, -0.1) is 0 Å². The van der Waals surface area contributed by atoms with Crippen molar-refractivity contribution in [1.82, 2.24) is 10.3 Å². The number of nitrogens with two attached hydrogens (primary N) is 1. The van der Waals surface area contributed by atoms with Gasteiger partial charge in [-0.1, -0.05) is 42.5 Å². The van der Waals surface area contributed by atoms with Crippen molar-refractivity contribution in [3.63, 3.8) is 0 Å². The quantitative estimate of drug-likeness (QED) is 0.209. The monoisotopic (exact) mass is 507 g/mol. The van der Waals surface area contributed by atoms with Crippen LogP contribution in [0.3, 0.4) is 0 Å². The van der Waals surface area contributed by atoms with Gasteiger partial charge in [0.15, 0.2) is 0 Å². The van der Waals surface area contributed by atoms with Crippen LogP contribution in [0, 0.1) is 11.2 Å². The van der Waals surface area contributed by atoms with E-state index >= 15 is 0 Å². The van der Waals surface area contributed by atoms with Crippen molar-refractivity contribution in [2.75, 3.05) is 24.1 Å². The molecule has 0 spiro atoms. The van der Waals surface area contributed by atoms with Crippen LogP contribution in [0.2, 0.25) is 0 Å². The lowest BCUT2D eigenvalue weighted by Gasteiger charge is -2.27. The van der Waals surface area contributed by atoms with Crippen LogP contribution in [0.15, 0.2) is 85.1 Å². The molecule has 0 aliphatic carbocycles. The van der Waals surface area contributed by atoms with Gasteiger partial charge in [-0.25, -0.2) is 9.37 Å². The standard InChI is InChI=1S/C31H30FN5O/c32-24-14-9-21(10-15-24)8-11-23-19-36-31(34)28(30(23)37-25-5-4-18-35-20-25)29(33)22-12-16-27(17-13-22)38-26-6-2-1-3-7-26/h1-3,6-17,19,25,33,35H,4-5,18,20H2,(H3,34,36,37)/b11-8+,33-29?. The molecule has 0 radical (unpaired) electrons. The zero-order chi connectivity index (χ0) is 26.3. The minimum absolute atomic E-state index is 0.191. The normalized spacial score (nSPS) is 15.3. The number of rotatable bonds is 8. The van der Waals surface area contributed by atoms with Crippen LogP contribution in [0.5, 0.6) is 11.5 Å². The molecule has 1 fully saturated rings. The number of benzene rings is 3. The molecule has 1 aromatic heterocycles. The molecule has 3 aromatic carbocycles. The maximum absolute atomic E-state index is 13.4. The number of nitrogen functional groups attached to an aromatic ring is 1. The summed E-state index contributed by atoms with van der Waals surface area (Å²) in [6.07, 6.45) is 7.61. The van der Waals surface area contributed by atoms with Crippen molar-refractivity contribution in [2.24, 2.45) is 0 Å². The molecule has 0 bridgehead atoms. The van der Waals surface area contributed by atoms with Crippen molar-refractivity contribution in [3.05, 3.63) is 113 Å². The summed E-state index contributed by atoms with van der Waals surface area (Å²) < 4.78 is 19.3. The number of halogens is 1.